The molecule has 0 aromatic heterocycles. The van der Waals surface area contributed by atoms with Crippen LogP contribution in [0.3, 0.4) is 0 Å². The number of nitrogens with two attached hydrogens (primary N) is 1. The van der Waals surface area contributed by atoms with E-state index in [-0.39, 0.29) is 29.9 Å². The number of likely N-dealkylation sites (tertiary alicyclic amines) is 2. The molecule has 2 saturated heterocycles. The van der Waals surface area contributed by atoms with Gasteiger partial charge >= 0.3 is 12.4 Å². The number of rotatable bonds is 8. The number of anilines is 2. The molecule has 2 aliphatic rings. The van der Waals surface area contributed by atoms with Crippen molar-refractivity contribution in [3.8, 4) is 5.75 Å². The molecular formula is C28H35F3N6O4. The molecule has 2 fully saturated rings. The Morgan fingerprint density at radius 3 is 2.54 bits per heavy atom. The van der Waals surface area contributed by atoms with Crippen molar-refractivity contribution in [2.75, 3.05) is 43.8 Å². The van der Waals surface area contributed by atoms with Crippen LogP contribution in [0.4, 0.5) is 29.3 Å². The van der Waals surface area contributed by atoms with Gasteiger partial charge in [0.05, 0.1) is 12.1 Å². The number of nitrogen functional groups attached to an aromatic ring is 1. The van der Waals surface area contributed by atoms with Gasteiger partial charge in [-0.05, 0) is 68.0 Å². The summed E-state index contributed by atoms with van der Waals surface area (Å²) in [5.41, 5.74) is 8.25. The first-order valence-electron chi connectivity index (χ1n) is 13.6. The molecule has 4 rings (SSSR count). The number of nitrogens with one attached hydrogen (secondary N) is 3. The number of aryl methyl sites for hydroxylation is 1. The van der Waals surface area contributed by atoms with Crippen molar-refractivity contribution >= 4 is 29.2 Å². The number of benzene rings is 2. The molecule has 2 aromatic rings. The Kier molecular flexibility index (Phi) is 9.58. The predicted octanol–water partition coefficient (Wildman–Crippen LogP) is 3.61. The van der Waals surface area contributed by atoms with Crippen molar-refractivity contribution in [2.45, 2.75) is 51.6 Å². The maximum atomic E-state index is 12.7. The topological polar surface area (TPSA) is 129 Å². The number of halogens is 3. The van der Waals surface area contributed by atoms with Gasteiger partial charge in [0.25, 0.3) is 5.91 Å². The number of hydrogen-bond donors (Lipinski definition) is 4. The molecule has 2 heterocycles. The van der Waals surface area contributed by atoms with Crippen LogP contribution in [0.2, 0.25) is 0 Å². The number of piperidine rings is 1. The summed E-state index contributed by atoms with van der Waals surface area (Å²) in [4.78, 5) is 41.6. The van der Waals surface area contributed by atoms with Crippen LogP contribution in [0.5, 0.6) is 5.75 Å². The summed E-state index contributed by atoms with van der Waals surface area (Å²) in [5.74, 6) is -1.80. The van der Waals surface area contributed by atoms with E-state index in [4.69, 9.17) is 5.73 Å². The maximum absolute atomic E-state index is 12.7. The molecule has 0 radical (unpaired) electrons. The van der Waals surface area contributed by atoms with Crippen molar-refractivity contribution in [1.29, 1.82) is 0 Å². The van der Waals surface area contributed by atoms with Crippen LogP contribution in [-0.2, 0) is 11.3 Å². The van der Waals surface area contributed by atoms with Crippen molar-refractivity contribution in [2.24, 2.45) is 0 Å². The standard InChI is InChI=1S/C28H35F3N6O4/c1-18-5-6-19(13-24(18)35-27(40)37-10-3-2-4-11-37)16-36-12-9-20(17-36)34-25(38)15-33-26(39)22-14-21(7-8-23(22)32)41-28(29,30)31/h5-8,13-14,20H,2-4,9-12,15-17,32H2,1H3,(H,33,39)(H,34,38)(H,35,40)/t20-/m1/s1. The second-order valence-corrected chi connectivity index (χ2v) is 10.4. The van der Waals surface area contributed by atoms with Gasteiger partial charge in [-0.2, -0.15) is 0 Å². The fourth-order valence-corrected chi connectivity index (χ4v) is 5.01. The van der Waals surface area contributed by atoms with E-state index in [2.05, 4.69) is 25.6 Å². The molecule has 5 N–H and O–H groups in total. The van der Waals surface area contributed by atoms with E-state index in [1.165, 1.54) is 0 Å². The Morgan fingerprint density at radius 1 is 1.05 bits per heavy atom. The van der Waals surface area contributed by atoms with Crippen LogP contribution in [-0.4, -0.2) is 72.8 Å². The normalized spacial score (nSPS) is 17.7. The Hall–Kier alpha value is -4.00. The summed E-state index contributed by atoms with van der Waals surface area (Å²) >= 11 is 0. The minimum atomic E-state index is -4.91. The van der Waals surface area contributed by atoms with Crippen LogP contribution >= 0.6 is 0 Å². The summed E-state index contributed by atoms with van der Waals surface area (Å²) in [7, 11) is 0. The number of amides is 4. The summed E-state index contributed by atoms with van der Waals surface area (Å²) in [6, 6.07) is 8.79. The monoisotopic (exact) mass is 576 g/mol. The molecule has 0 saturated carbocycles. The van der Waals surface area contributed by atoms with E-state index in [9.17, 15) is 27.6 Å². The Morgan fingerprint density at radius 2 is 1.80 bits per heavy atom. The lowest BCUT2D eigenvalue weighted by Crippen LogP contribution is -2.43. The number of hydrogen-bond acceptors (Lipinski definition) is 6. The van der Waals surface area contributed by atoms with E-state index >= 15 is 0 Å². The lowest BCUT2D eigenvalue weighted by molar-refractivity contribution is -0.274. The molecule has 0 spiro atoms. The van der Waals surface area contributed by atoms with Crippen molar-refractivity contribution in [3.63, 3.8) is 0 Å². The highest BCUT2D eigenvalue weighted by Crippen LogP contribution is 2.26. The highest BCUT2D eigenvalue weighted by atomic mass is 19.4. The van der Waals surface area contributed by atoms with E-state index < -0.39 is 23.9 Å². The highest BCUT2D eigenvalue weighted by Gasteiger charge is 2.31. The molecule has 2 aliphatic heterocycles. The van der Waals surface area contributed by atoms with Gasteiger partial charge in [0.2, 0.25) is 5.91 Å². The summed E-state index contributed by atoms with van der Waals surface area (Å²) in [6.45, 7) is 5.14. The van der Waals surface area contributed by atoms with Crippen LogP contribution in [0.25, 0.3) is 0 Å². The molecule has 0 aliphatic carbocycles. The van der Waals surface area contributed by atoms with Gasteiger partial charge < -0.3 is 31.3 Å². The molecule has 1 atom stereocenters. The molecule has 10 nitrogen and oxygen atoms in total. The van der Waals surface area contributed by atoms with Crippen LogP contribution in [0.15, 0.2) is 36.4 Å². The second-order valence-electron chi connectivity index (χ2n) is 10.4. The fourth-order valence-electron chi connectivity index (χ4n) is 5.01. The zero-order valence-corrected chi connectivity index (χ0v) is 22.9. The third-order valence-electron chi connectivity index (χ3n) is 7.14. The SMILES string of the molecule is Cc1ccc(CN2CC[C@@H](NC(=O)CNC(=O)c3cc(OC(F)(F)F)ccc3N)C2)cc1NC(=O)N1CCCCC1. The lowest BCUT2D eigenvalue weighted by Gasteiger charge is -2.27. The van der Waals surface area contributed by atoms with Crippen molar-refractivity contribution in [1.82, 2.24) is 20.4 Å². The third kappa shape index (κ3) is 8.74. The number of carbonyl (C=O) groups is 3. The second kappa shape index (κ2) is 13.1. The van der Waals surface area contributed by atoms with Gasteiger partial charge in [-0.3, -0.25) is 14.5 Å². The molecule has 0 unspecified atom stereocenters. The van der Waals surface area contributed by atoms with E-state index in [1.54, 1.807) is 0 Å². The summed E-state index contributed by atoms with van der Waals surface area (Å²) < 4.78 is 41.3. The molecule has 4 amide bonds. The van der Waals surface area contributed by atoms with Crippen LogP contribution in [0.1, 0.15) is 47.2 Å². The molecule has 222 valence electrons. The van der Waals surface area contributed by atoms with Crippen molar-refractivity contribution in [3.05, 3.63) is 53.1 Å². The van der Waals surface area contributed by atoms with Gasteiger partial charge in [0.1, 0.15) is 5.75 Å². The number of alkyl halides is 3. The smallest absolute Gasteiger partial charge is 0.406 e. The van der Waals surface area contributed by atoms with Crippen molar-refractivity contribution < 1.29 is 32.3 Å². The van der Waals surface area contributed by atoms with Crippen LogP contribution < -0.4 is 26.4 Å². The number of carbonyl (C=O) groups excluding carboxylic acids is 3. The molecule has 2 aromatic carbocycles. The van der Waals surface area contributed by atoms with Gasteiger partial charge in [0, 0.05) is 50.1 Å². The highest BCUT2D eigenvalue weighted by molar-refractivity contribution is 6.01. The summed E-state index contributed by atoms with van der Waals surface area (Å²) in [5, 5.41) is 8.31. The zero-order valence-electron chi connectivity index (χ0n) is 22.9. The van der Waals surface area contributed by atoms with E-state index in [1.807, 2.05) is 30.0 Å². The largest absolute Gasteiger partial charge is 0.573 e. The lowest BCUT2D eigenvalue weighted by atomic mass is 10.1. The van der Waals surface area contributed by atoms with Gasteiger partial charge in [0.15, 0.2) is 0 Å². The number of ether oxygens (including phenoxy) is 1. The molecule has 13 heteroatoms. The average molecular weight is 577 g/mol. The first kappa shape index (κ1) is 30.0. The van der Waals surface area contributed by atoms with Gasteiger partial charge in [-0.1, -0.05) is 12.1 Å². The number of urea groups is 1. The molecule has 0 bridgehead atoms. The Balaban J connectivity index is 1.24. The fraction of sp³-hybridized carbons (Fsp3) is 0.464. The maximum Gasteiger partial charge on any atom is 0.573 e. The predicted molar refractivity (Wildman–Crippen MR) is 147 cm³/mol. The third-order valence-corrected chi connectivity index (χ3v) is 7.14. The van der Waals surface area contributed by atoms with Crippen LogP contribution in [0, 0.1) is 6.92 Å². The van der Waals surface area contributed by atoms with E-state index in [0.29, 0.717) is 19.5 Å². The Bertz CT molecular complexity index is 1270. The first-order chi connectivity index (χ1) is 19.5. The molecule has 41 heavy (non-hydrogen) atoms. The molecular weight excluding hydrogens is 541 g/mol. The number of nitrogens with zero attached hydrogens (tertiary/aromatic N) is 2. The van der Waals surface area contributed by atoms with E-state index in [0.717, 1.165) is 73.9 Å². The quantitative estimate of drug-likeness (QED) is 0.356. The first-order valence-corrected chi connectivity index (χ1v) is 13.6. The minimum absolute atomic E-state index is 0.0470. The Labute approximate surface area is 236 Å². The van der Waals surface area contributed by atoms with Gasteiger partial charge in [-0.25, -0.2) is 4.79 Å². The average Bonchev–Trinajstić information content (AvgIpc) is 3.36. The van der Waals surface area contributed by atoms with Gasteiger partial charge in [-0.15, -0.1) is 13.2 Å². The zero-order chi connectivity index (χ0) is 29.6. The minimum Gasteiger partial charge on any atom is -0.406 e. The summed E-state index contributed by atoms with van der Waals surface area (Å²) in [6.07, 6.45) is -1.00.